The maximum absolute atomic E-state index is 13.2. The molecule has 5 heteroatoms. The molecule has 0 amide bonds. The maximum atomic E-state index is 13.2. The van der Waals surface area contributed by atoms with Crippen LogP contribution in [-0.4, -0.2) is 27.4 Å². The summed E-state index contributed by atoms with van der Waals surface area (Å²) in [6.07, 6.45) is 19.7. The van der Waals surface area contributed by atoms with Gasteiger partial charge in [-0.15, -0.1) is 0 Å². The van der Waals surface area contributed by atoms with Crippen molar-refractivity contribution < 1.29 is 14.3 Å². The molecule has 0 spiro atoms. The summed E-state index contributed by atoms with van der Waals surface area (Å²) in [6.45, 7) is 5.23. The number of esters is 1. The molecule has 6 rings (SSSR count). The quantitative estimate of drug-likeness (QED) is 0.455. The number of carbonyl (C=O) groups is 2. The lowest BCUT2D eigenvalue weighted by Gasteiger charge is -2.57. The number of hydrogen-bond acceptors (Lipinski definition) is 4. The first-order valence-corrected chi connectivity index (χ1v) is 13.0. The fourth-order valence-electron chi connectivity index (χ4n) is 7.94. The van der Waals surface area contributed by atoms with Gasteiger partial charge in [0.2, 0.25) is 0 Å². The van der Waals surface area contributed by atoms with Crippen LogP contribution in [0, 0.1) is 34.5 Å². The van der Waals surface area contributed by atoms with Gasteiger partial charge in [0, 0.05) is 18.8 Å². The number of ketones is 1. The molecule has 3 fully saturated rings. The van der Waals surface area contributed by atoms with Crippen LogP contribution in [0.25, 0.3) is 0 Å². The van der Waals surface area contributed by atoms with Crippen molar-refractivity contribution in [2.24, 2.45) is 34.5 Å². The van der Waals surface area contributed by atoms with Crippen LogP contribution in [0.1, 0.15) is 71.6 Å². The summed E-state index contributed by atoms with van der Waals surface area (Å²) >= 11 is 0. The van der Waals surface area contributed by atoms with Gasteiger partial charge in [0.05, 0.1) is 18.8 Å². The highest BCUT2D eigenvalue weighted by Crippen LogP contribution is 2.65. The van der Waals surface area contributed by atoms with Crippen LogP contribution in [0.15, 0.2) is 42.0 Å². The summed E-state index contributed by atoms with van der Waals surface area (Å²) in [4.78, 5) is 29.5. The van der Waals surface area contributed by atoms with E-state index in [1.165, 1.54) is 12.0 Å². The molecule has 0 saturated heterocycles. The lowest BCUT2D eigenvalue weighted by atomic mass is 9.47. The van der Waals surface area contributed by atoms with Gasteiger partial charge in [-0.25, -0.2) is 4.98 Å². The number of rotatable bonds is 5. The Morgan fingerprint density at radius 2 is 1.88 bits per heavy atom. The van der Waals surface area contributed by atoms with E-state index in [1.54, 1.807) is 12.5 Å². The normalized spacial score (nSPS) is 39.6. The number of allylic oxidation sites excluding steroid dienone is 3. The number of nitrogens with zero attached hydrogens (tertiary/aromatic N) is 2. The van der Waals surface area contributed by atoms with E-state index in [1.807, 2.05) is 10.8 Å². The molecule has 176 valence electrons. The van der Waals surface area contributed by atoms with Crippen LogP contribution in [0.3, 0.4) is 0 Å². The van der Waals surface area contributed by atoms with E-state index in [0.717, 1.165) is 56.9 Å². The van der Waals surface area contributed by atoms with Gasteiger partial charge in [-0.2, -0.15) is 0 Å². The number of carbonyl (C=O) groups excluding carboxylic acids is 2. The smallest absolute Gasteiger partial charge is 0.309 e. The number of ether oxygens (including phenoxy) is 1. The van der Waals surface area contributed by atoms with Crippen LogP contribution in [-0.2, 0) is 20.9 Å². The van der Waals surface area contributed by atoms with Crippen LogP contribution >= 0.6 is 0 Å². The fraction of sp³-hybridized carbons (Fsp3) is 0.679. The molecule has 5 aliphatic carbocycles. The van der Waals surface area contributed by atoms with Crippen molar-refractivity contribution in [1.29, 1.82) is 0 Å². The van der Waals surface area contributed by atoms with Gasteiger partial charge < -0.3 is 9.30 Å². The average Bonchev–Trinajstić information content (AvgIpc) is 3.41. The highest BCUT2D eigenvalue weighted by molar-refractivity contribution is 5.97. The molecule has 6 atom stereocenters. The number of imidazole rings is 1. The largest absolute Gasteiger partial charge is 0.462 e. The van der Waals surface area contributed by atoms with Crippen molar-refractivity contribution in [1.82, 2.24) is 9.55 Å². The zero-order chi connectivity index (χ0) is 22.8. The van der Waals surface area contributed by atoms with Crippen molar-refractivity contribution in [3.8, 4) is 0 Å². The Bertz CT molecular complexity index is 1020. The third-order valence-electron chi connectivity index (χ3n) is 10.0. The van der Waals surface area contributed by atoms with Gasteiger partial charge in [0.1, 0.15) is 6.10 Å². The SMILES string of the molecule is C[C@]12CC[C@H](OC(=O)C3CC3)CC1=CC[C@@H]1[C@@H]2CC[C@]2(C)C(C(=O)Cn3ccnc3)=CC[C@@H]12. The minimum atomic E-state index is -0.00245. The number of fused-ring (bicyclic) bond motifs is 5. The minimum Gasteiger partial charge on any atom is -0.462 e. The lowest BCUT2D eigenvalue weighted by Crippen LogP contribution is -2.50. The van der Waals surface area contributed by atoms with Crippen molar-refractivity contribution in [2.75, 3.05) is 0 Å². The van der Waals surface area contributed by atoms with Gasteiger partial charge in [0.25, 0.3) is 0 Å². The first-order chi connectivity index (χ1) is 15.9. The highest BCUT2D eigenvalue weighted by Gasteiger charge is 2.57. The van der Waals surface area contributed by atoms with Crippen LogP contribution in [0.5, 0.6) is 0 Å². The molecule has 0 aliphatic heterocycles. The third kappa shape index (κ3) is 3.45. The van der Waals surface area contributed by atoms with E-state index >= 15 is 0 Å². The topological polar surface area (TPSA) is 61.2 Å². The first kappa shape index (κ1) is 21.4. The Morgan fingerprint density at radius 3 is 2.64 bits per heavy atom. The number of hydrogen-bond donors (Lipinski definition) is 0. The zero-order valence-electron chi connectivity index (χ0n) is 20.0. The Labute approximate surface area is 196 Å². The van der Waals surface area contributed by atoms with E-state index in [9.17, 15) is 9.59 Å². The lowest BCUT2D eigenvalue weighted by molar-refractivity contribution is -0.153. The first-order valence-electron chi connectivity index (χ1n) is 13.0. The second-order valence-electron chi connectivity index (χ2n) is 11.8. The molecule has 0 aromatic carbocycles. The van der Waals surface area contributed by atoms with E-state index < -0.39 is 0 Å². The molecule has 0 unspecified atom stereocenters. The molecular weight excluding hydrogens is 412 g/mol. The van der Waals surface area contributed by atoms with E-state index in [0.29, 0.717) is 24.3 Å². The van der Waals surface area contributed by atoms with Crippen LogP contribution in [0.2, 0.25) is 0 Å². The molecule has 5 nitrogen and oxygen atoms in total. The Kier molecular flexibility index (Phi) is 4.97. The van der Waals surface area contributed by atoms with Gasteiger partial charge >= 0.3 is 5.97 Å². The summed E-state index contributed by atoms with van der Waals surface area (Å²) in [5, 5.41) is 0. The van der Waals surface area contributed by atoms with E-state index in [4.69, 9.17) is 4.74 Å². The highest BCUT2D eigenvalue weighted by atomic mass is 16.5. The van der Waals surface area contributed by atoms with Crippen molar-refractivity contribution in [3.05, 3.63) is 42.0 Å². The molecule has 1 aromatic rings. The Balaban J connectivity index is 1.18. The van der Waals surface area contributed by atoms with Gasteiger partial charge in [-0.05, 0) is 85.5 Å². The second-order valence-corrected chi connectivity index (χ2v) is 11.8. The summed E-state index contributed by atoms with van der Waals surface area (Å²) in [5.41, 5.74) is 2.82. The van der Waals surface area contributed by atoms with Gasteiger partial charge in [-0.3, -0.25) is 9.59 Å². The second kappa shape index (κ2) is 7.68. The molecule has 0 radical (unpaired) electrons. The Hall–Kier alpha value is -2.17. The molecule has 5 aliphatic rings. The van der Waals surface area contributed by atoms with Crippen molar-refractivity contribution in [2.45, 2.75) is 84.3 Å². The average molecular weight is 449 g/mol. The molecule has 1 aromatic heterocycles. The van der Waals surface area contributed by atoms with Gasteiger partial charge in [-0.1, -0.05) is 31.6 Å². The predicted octanol–water partition coefficient (Wildman–Crippen LogP) is 5.27. The third-order valence-corrected chi connectivity index (χ3v) is 10.0. The molecule has 33 heavy (non-hydrogen) atoms. The molecule has 3 saturated carbocycles. The summed E-state index contributed by atoms with van der Waals surface area (Å²) in [5.74, 6) is 2.34. The monoisotopic (exact) mass is 448 g/mol. The van der Waals surface area contributed by atoms with Gasteiger partial charge in [0.15, 0.2) is 5.78 Å². The summed E-state index contributed by atoms with van der Waals surface area (Å²) < 4.78 is 7.77. The molecular formula is C28H36N2O3. The van der Waals surface area contributed by atoms with Crippen molar-refractivity contribution >= 4 is 11.8 Å². The maximum Gasteiger partial charge on any atom is 0.309 e. The summed E-state index contributed by atoms with van der Waals surface area (Å²) in [6, 6.07) is 0. The molecule has 1 heterocycles. The number of aromatic nitrogens is 2. The molecule has 0 N–H and O–H groups in total. The van der Waals surface area contributed by atoms with E-state index in [-0.39, 0.29) is 34.6 Å². The van der Waals surface area contributed by atoms with E-state index in [2.05, 4.69) is 31.0 Å². The zero-order valence-corrected chi connectivity index (χ0v) is 20.0. The minimum absolute atomic E-state index is 0.00245. The molecule has 0 bridgehead atoms. The number of Topliss-reactive ketones (excluding diaryl/α,β-unsaturated/α-hetero) is 1. The van der Waals surface area contributed by atoms with Crippen LogP contribution in [0.4, 0.5) is 0 Å². The van der Waals surface area contributed by atoms with Crippen LogP contribution < -0.4 is 0 Å². The Morgan fingerprint density at radius 1 is 1.06 bits per heavy atom. The predicted molar refractivity (Wildman–Crippen MR) is 125 cm³/mol. The standard InChI is InChI=1S/C28H36N2O3/c1-27-11-9-20(33-26(32)18-3-4-18)15-19(27)5-6-21-22-7-8-24(28(22,2)12-10-23(21)27)25(31)16-30-14-13-29-17-30/h5,8,13-14,17-18,20-23H,3-4,6-7,9-12,15-16H2,1-2H3/t20-,21-,22-,23-,27-,28-/m0/s1. The fourth-order valence-corrected chi connectivity index (χ4v) is 7.94. The summed E-state index contributed by atoms with van der Waals surface area (Å²) in [7, 11) is 0. The van der Waals surface area contributed by atoms with Crippen molar-refractivity contribution in [3.63, 3.8) is 0 Å².